The Morgan fingerprint density at radius 2 is 2.05 bits per heavy atom. The number of hydrogen-bond acceptors (Lipinski definition) is 5. The van der Waals surface area contributed by atoms with Crippen LogP contribution >= 0.6 is 0 Å². The summed E-state index contributed by atoms with van der Waals surface area (Å²) in [6, 6.07) is 0.977. The number of sulfone groups is 1. The summed E-state index contributed by atoms with van der Waals surface area (Å²) in [5, 5.41) is 2.57. The van der Waals surface area contributed by atoms with E-state index in [0.29, 0.717) is 6.07 Å². The van der Waals surface area contributed by atoms with Crippen molar-refractivity contribution in [3.05, 3.63) is 23.4 Å². The van der Waals surface area contributed by atoms with Gasteiger partial charge in [0.2, 0.25) is 0 Å². The van der Waals surface area contributed by atoms with E-state index >= 15 is 0 Å². The molecule has 1 aliphatic rings. The summed E-state index contributed by atoms with van der Waals surface area (Å²) in [7, 11) is -3.22. The number of nitrogens with one attached hydrogen (secondary N) is 1. The number of nitrogens with two attached hydrogens (primary N) is 1. The van der Waals surface area contributed by atoms with E-state index < -0.39 is 33.7 Å². The first-order chi connectivity index (χ1) is 9.58. The predicted octanol–water partition coefficient (Wildman–Crippen LogP) is 0.798. The molecule has 0 aliphatic carbocycles. The molecule has 1 fully saturated rings. The zero-order valence-electron chi connectivity index (χ0n) is 10.6. The fourth-order valence-corrected chi connectivity index (χ4v) is 3.70. The lowest BCUT2D eigenvalue weighted by atomic mass is 10.2. The van der Waals surface area contributed by atoms with E-state index in [9.17, 15) is 26.4 Å². The Hall–Kier alpha value is -1.84. The van der Waals surface area contributed by atoms with Gasteiger partial charge in [0.1, 0.15) is 11.5 Å². The Morgan fingerprint density at radius 3 is 2.52 bits per heavy atom. The second kappa shape index (κ2) is 5.17. The fraction of sp³-hybridized carbons (Fsp3) is 0.455. The average Bonchev–Trinajstić information content (AvgIpc) is 2.67. The van der Waals surface area contributed by atoms with Crippen LogP contribution in [0.5, 0.6) is 0 Å². The maximum absolute atomic E-state index is 12.6. The number of anilines is 1. The van der Waals surface area contributed by atoms with Crippen molar-refractivity contribution < 1.29 is 26.4 Å². The Kier molecular flexibility index (Phi) is 3.83. The van der Waals surface area contributed by atoms with Crippen LogP contribution in [0.25, 0.3) is 0 Å². The molecule has 1 unspecified atom stereocenters. The Labute approximate surface area is 118 Å². The summed E-state index contributed by atoms with van der Waals surface area (Å²) >= 11 is 0. The second-order valence-electron chi connectivity index (χ2n) is 4.70. The summed E-state index contributed by atoms with van der Waals surface area (Å²) in [6.07, 6.45) is -4.44. The third kappa shape index (κ3) is 3.63. The molecule has 1 saturated heterocycles. The number of carbonyl (C=O) groups excluding carboxylic acids is 1. The molecule has 1 amide bonds. The van der Waals surface area contributed by atoms with E-state index in [-0.39, 0.29) is 29.3 Å². The van der Waals surface area contributed by atoms with Gasteiger partial charge in [0.25, 0.3) is 5.91 Å². The highest BCUT2D eigenvalue weighted by Crippen LogP contribution is 2.30. The van der Waals surface area contributed by atoms with Crippen molar-refractivity contribution in [2.24, 2.45) is 5.73 Å². The summed E-state index contributed by atoms with van der Waals surface area (Å²) in [5.74, 6) is -1.57. The monoisotopic (exact) mass is 323 g/mol. The van der Waals surface area contributed by atoms with Crippen LogP contribution < -0.4 is 11.1 Å². The van der Waals surface area contributed by atoms with Crippen LogP contribution in [0.15, 0.2) is 12.1 Å². The second-order valence-corrected chi connectivity index (χ2v) is 6.93. The molecule has 0 spiro atoms. The van der Waals surface area contributed by atoms with E-state index in [4.69, 9.17) is 5.73 Å². The van der Waals surface area contributed by atoms with E-state index in [1.54, 1.807) is 0 Å². The first kappa shape index (κ1) is 15.5. The van der Waals surface area contributed by atoms with Gasteiger partial charge in [-0.2, -0.15) is 13.2 Å². The van der Waals surface area contributed by atoms with Crippen LogP contribution in [0.1, 0.15) is 22.5 Å². The molecule has 2 rings (SSSR count). The van der Waals surface area contributed by atoms with Crippen molar-refractivity contribution in [3.63, 3.8) is 0 Å². The number of aromatic nitrogens is 1. The lowest BCUT2D eigenvalue weighted by Gasteiger charge is -2.16. The number of halogens is 3. The van der Waals surface area contributed by atoms with E-state index in [1.807, 2.05) is 0 Å². The molecule has 1 atom stereocenters. The van der Waals surface area contributed by atoms with Crippen LogP contribution in [-0.2, 0) is 16.0 Å². The molecule has 0 radical (unpaired) electrons. The molecule has 1 aliphatic heterocycles. The highest BCUT2D eigenvalue weighted by Gasteiger charge is 2.34. The van der Waals surface area contributed by atoms with Crippen LogP contribution in [-0.4, -0.2) is 36.9 Å². The summed E-state index contributed by atoms with van der Waals surface area (Å²) in [4.78, 5) is 14.6. The molecule has 10 heteroatoms. The van der Waals surface area contributed by atoms with Crippen LogP contribution in [0.4, 0.5) is 19.0 Å². The molecule has 21 heavy (non-hydrogen) atoms. The van der Waals surface area contributed by atoms with Crippen LogP contribution in [0, 0.1) is 0 Å². The SMILES string of the molecule is NC(=O)c1ccc(C(F)(F)F)nc1NC1CCS(=O)(=O)C1. The van der Waals surface area contributed by atoms with Gasteiger partial charge in [0.05, 0.1) is 17.1 Å². The zero-order chi connectivity index (χ0) is 15.8. The first-order valence-corrected chi connectivity index (χ1v) is 7.75. The quantitative estimate of drug-likeness (QED) is 0.856. The standard InChI is InChI=1S/C11H12F3N3O3S/c12-11(13,14)8-2-1-7(9(15)18)10(17-8)16-6-3-4-21(19,20)5-6/h1-2,6H,3-5H2,(H2,15,18)(H,16,17). The van der Waals surface area contributed by atoms with Crippen molar-refractivity contribution in [1.82, 2.24) is 4.98 Å². The molecular formula is C11H12F3N3O3S. The van der Waals surface area contributed by atoms with Gasteiger partial charge in [-0.1, -0.05) is 0 Å². The van der Waals surface area contributed by atoms with Crippen molar-refractivity contribution in [3.8, 4) is 0 Å². The van der Waals surface area contributed by atoms with Crippen molar-refractivity contribution in [1.29, 1.82) is 0 Å². The maximum atomic E-state index is 12.6. The molecule has 116 valence electrons. The normalized spacial score (nSPS) is 21.2. The topological polar surface area (TPSA) is 102 Å². The number of alkyl halides is 3. The van der Waals surface area contributed by atoms with Gasteiger partial charge >= 0.3 is 6.18 Å². The molecule has 0 saturated carbocycles. The third-order valence-electron chi connectivity index (χ3n) is 3.02. The number of pyridine rings is 1. The summed E-state index contributed by atoms with van der Waals surface area (Å²) < 4.78 is 60.6. The number of rotatable bonds is 3. The zero-order valence-corrected chi connectivity index (χ0v) is 11.5. The highest BCUT2D eigenvalue weighted by atomic mass is 32.2. The third-order valence-corrected chi connectivity index (χ3v) is 4.79. The lowest BCUT2D eigenvalue weighted by molar-refractivity contribution is -0.141. The van der Waals surface area contributed by atoms with Gasteiger partial charge in [-0.3, -0.25) is 4.79 Å². The lowest BCUT2D eigenvalue weighted by Crippen LogP contribution is -2.25. The van der Waals surface area contributed by atoms with Crippen molar-refractivity contribution in [2.75, 3.05) is 16.8 Å². The van der Waals surface area contributed by atoms with Gasteiger partial charge in [-0.15, -0.1) is 0 Å². The van der Waals surface area contributed by atoms with E-state index in [2.05, 4.69) is 10.3 Å². The van der Waals surface area contributed by atoms with Crippen molar-refractivity contribution >= 4 is 21.6 Å². The number of amides is 1. The Bertz CT molecular complexity index is 673. The van der Waals surface area contributed by atoms with Gasteiger partial charge in [-0.05, 0) is 18.6 Å². The molecule has 1 aromatic heterocycles. The summed E-state index contributed by atoms with van der Waals surface area (Å²) in [5.41, 5.74) is 3.68. The number of primary amides is 1. The van der Waals surface area contributed by atoms with Gasteiger partial charge < -0.3 is 11.1 Å². The van der Waals surface area contributed by atoms with Gasteiger partial charge in [0, 0.05) is 6.04 Å². The molecule has 6 nitrogen and oxygen atoms in total. The van der Waals surface area contributed by atoms with Crippen LogP contribution in [0.3, 0.4) is 0 Å². The Morgan fingerprint density at radius 1 is 1.38 bits per heavy atom. The molecule has 1 aromatic rings. The van der Waals surface area contributed by atoms with Gasteiger partial charge in [0.15, 0.2) is 9.84 Å². The average molecular weight is 323 g/mol. The minimum absolute atomic E-state index is 0.0600. The molecule has 0 aromatic carbocycles. The smallest absolute Gasteiger partial charge is 0.366 e. The van der Waals surface area contributed by atoms with Gasteiger partial charge in [-0.25, -0.2) is 13.4 Å². The maximum Gasteiger partial charge on any atom is 0.433 e. The minimum Gasteiger partial charge on any atom is -0.366 e. The van der Waals surface area contributed by atoms with E-state index in [1.165, 1.54) is 0 Å². The molecule has 0 bridgehead atoms. The van der Waals surface area contributed by atoms with E-state index in [0.717, 1.165) is 6.07 Å². The largest absolute Gasteiger partial charge is 0.433 e. The summed E-state index contributed by atoms with van der Waals surface area (Å²) in [6.45, 7) is 0. The molecular weight excluding hydrogens is 311 g/mol. The number of carbonyl (C=O) groups is 1. The highest BCUT2D eigenvalue weighted by molar-refractivity contribution is 7.91. The van der Waals surface area contributed by atoms with Crippen molar-refractivity contribution in [2.45, 2.75) is 18.6 Å². The molecule has 3 N–H and O–H groups in total. The Balaban J connectivity index is 2.33. The predicted molar refractivity (Wildman–Crippen MR) is 68.4 cm³/mol. The first-order valence-electron chi connectivity index (χ1n) is 5.93. The molecule has 2 heterocycles. The number of nitrogens with zero attached hydrogens (tertiary/aromatic N) is 1. The minimum atomic E-state index is -4.67. The van der Waals surface area contributed by atoms with Crippen LogP contribution in [0.2, 0.25) is 0 Å². The fourth-order valence-electron chi connectivity index (χ4n) is 2.03. The number of hydrogen-bond donors (Lipinski definition) is 2.